The number of nitrogens with two attached hydrogens (primary N) is 2. The first kappa shape index (κ1) is 96.4. The molecule has 0 saturated heterocycles. The van der Waals surface area contributed by atoms with Gasteiger partial charge in [0.1, 0.15) is 57.2 Å². The van der Waals surface area contributed by atoms with Crippen molar-refractivity contribution < 1.29 is 77.1 Å². The second-order valence-corrected chi connectivity index (χ2v) is 32.3. The Morgan fingerprint density at radius 2 is 0.965 bits per heavy atom. The molecule has 14 rings (SSSR count). The van der Waals surface area contributed by atoms with Crippen molar-refractivity contribution in [1.82, 2.24) is 49.8 Å². The van der Waals surface area contributed by atoms with Crippen molar-refractivity contribution in [2.75, 3.05) is 104 Å². The third-order valence-corrected chi connectivity index (χ3v) is 18.7. The summed E-state index contributed by atoms with van der Waals surface area (Å²) in [4.78, 5) is 70.1. The SMILES string of the molecule is COc1cc(C)cc(N)c1.COc1cc(NCc2cnc(SC)nc2NC2CC2)cc(OC)c1.COc1cc(OC)cc(N2Cc3cnc(SC)nc3N(C3CC3)C2=O)c1.CSc1ncc(C=O)c(NC2CC2)n1.CSc1ncc(CO)c(Cl)n1.CSc1ncc(CO)c(NC2CC2)n1.NC1CC1.O=S(=O)(Cl)Cl.[2H]CC.[2H]CC.[O]=[Mn]=[O]. The molecule has 6 aliphatic rings. The Labute approximate surface area is 717 Å². The number of aliphatic hydroxyl groups excluding tert-OH is 2. The van der Waals surface area contributed by atoms with E-state index in [4.69, 9.17) is 75.8 Å². The number of hydrogen-bond donors (Lipinski definition) is 8. The number of nitrogens with zero attached hydrogens (tertiary/aromatic N) is 12. The van der Waals surface area contributed by atoms with Gasteiger partial charge in [-0.1, -0.05) is 98.1 Å². The van der Waals surface area contributed by atoms with E-state index < -0.39 is 23.1 Å². The summed E-state index contributed by atoms with van der Waals surface area (Å²) in [5.41, 5.74) is 18.2. The molecular formula is C74H103Cl3MnN18O13S6. The monoisotopic (exact) mass is 1810 g/mol. The fraction of sp³-hybridized carbons (Fsp3) is 0.459. The number of methoxy groups -OCH3 is 5. The number of urea groups is 1. The summed E-state index contributed by atoms with van der Waals surface area (Å²) in [6, 6.07) is 19.2. The molecule has 5 fully saturated rings. The standard InChI is InChI=1S/C18H20N4O3S.C17H22N4O2S.C9H13N3OS.C9H11N3OS.C8H11NO.C6H7ClN2OS.C3H7N.2C2H6.Cl2O2S.Mn.2O/c1-24-14-6-13(7-15(8-14)25-2)21-10-11-9-19-17(26-3)20-16(11)22(18(21)23)12-4-5-12;1-22-14-6-13(7-15(8-14)23-2)18-9-11-10-19-17(24-3)21-16(11)20-12-4-5-12;2*1-14-9-10-4-6(5-13)8(12-9)11-7-2-3-7;1-6-3-7(9)5-8(4-6)10-2;1-11-6-8-2-4(3-10)5(7)9-6;4-3-1-2-3;2*1-2;1-5(2,3)4;;;/h6-9,12H,4-5,10H2,1-3H3;6-8,10,12,18H,4-5,9H2,1-3H3,(H,19,20,21);4,7,13H,2-3,5H2,1H3,(H,10,11,12);4-5,7H,2-3H2,1H3,(H,10,11,12);3-5H,9H2,1-2H3;2,10H,3H2,1H3;3H,1-2,4H2;2*1-2H3;;;;/i;;;;;;;2*1D;;;;. The molecule has 0 radical (unpaired) electrons. The molecule has 31 nitrogen and oxygen atoms in total. The van der Waals surface area contributed by atoms with Gasteiger partial charge in [0, 0.05) is 168 Å². The fourth-order valence-electron chi connectivity index (χ4n) is 9.16. The van der Waals surface area contributed by atoms with Crippen molar-refractivity contribution in [3.05, 3.63) is 124 Å². The molecule has 1 aliphatic heterocycles. The quantitative estimate of drug-likeness (QED) is 0.00530. The van der Waals surface area contributed by atoms with Crippen LogP contribution in [0.25, 0.3) is 0 Å². The first-order valence-corrected chi connectivity index (χ1v) is 46.0. The number of hydrogen-bond acceptors (Lipinski definition) is 34. The van der Waals surface area contributed by atoms with Crippen molar-refractivity contribution in [2.24, 2.45) is 5.73 Å². The van der Waals surface area contributed by atoms with Gasteiger partial charge in [-0.3, -0.25) is 14.6 Å². The number of thioether (sulfide) groups is 5. The van der Waals surface area contributed by atoms with E-state index >= 15 is 0 Å². The maximum absolute atomic E-state index is 13.3. The number of fused-ring (bicyclic) bond motifs is 1. The number of aliphatic hydroxyl groups is 2. The molecule has 5 aromatic heterocycles. The predicted molar refractivity (Wildman–Crippen MR) is 459 cm³/mol. The summed E-state index contributed by atoms with van der Waals surface area (Å²) in [5, 5.41) is 35.0. The molecule has 41 heteroatoms. The van der Waals surface area contributed by atoms with Crippen LogP contribution in [0.1, 0.15) is 133 Å². The van der Waals surface area contributed by atoms with E-state index in [1.165, 1.54) is 91.8 Å². The zero-order valence-corrected chi connectivity index (χ0v) is 74.6. The average molecular weight is 1810 g/mol. The van der Waals surface area contributed by atoms with Crippen LogP contribution in [-0.4, -0.2) is 178 Å². The number of rotatable bonds is 24. The summed E-state index contributed by atoms with van der Waals surface area (Å²) in [7, 11) is 12.9. The van der Waals surface area contributed by atoms with Gasteiger partial charge in [-0.05, 0) is 120 Å². The molecule has 3 aromatic carbocycles. The number of nitrogens with one attached hydrogen (secondary N) is 4. The van der Waals surface area contributed by atoms with Gasteiger partial charge in [0.25, 0.3) is 0 Å². The Hall–Kier alpha value is -7.43. The van der Waals surface area contributed by atoms with Crippen LogP contribution in [0.15, 0.2) is 111 Å². The number of carbonyl (C=O) groups excluding carboxylic acids is 2. The zero-order valence-electron chi connectivity index (χ0n) is 68.2. The molecule has 2 amide bonds. The van der Waals surface area contributed by atoms with Crippen molar-refractivity contribution >= 4 is 153 Å². The number of aldehydes is 1. The number of carbonyl (C=O) groups is 2. The number of halogens is 3. The molecule has 0 spiro atoms. The second-order valence-electron chi connectivity index (χ2n) is 24.2. The van der Waals surface area contributed by atoms with Gasteiger partial charge in [-0.15, -0.1) is 0 Å². The van der Waals surface area contributed by atoms with Crippen molar-refractivity contribution in [3.63, 3.8) is 0 Å². The number of aryl methyl sites for hydroxylation is 1. The van der Waals surface area contributed by atoms with E-state index in [1.54, 1.807) is 90.6 Å². The zero-order chi connectivity index (χ0) is 86.6. The van der Waals surface area contributed by atoms with Crippen LogP contribution in [0.2, 0.25) is 5.15 Å². The first-order valence-electron chi connectivity index (χ1n) is 36.8. The van der Waals surface area contributed by atoms with E-state index in [2.05, 4.69) is 92.5 Å². The van der Waals surface area contributed by atoms with Crippen molar-refractivity contribution in [2.45, 2.75) is 181 Å². The summed E-state index contributed by atoms with van der Waals surface area (Å²) < 4.78 is 73.9. The minimum absolute atomic E-state index is 0.0102. The van der Waals surface area contributed by atoms with Crippen LogP contribution in [-0.2, 0) is 57.1 Å². The summed E-state index contributed by atoms with van der Waals surface area (Å²) >= 11 is 11.7. The fourth-order valence-corrected chi connectivity index (χ4v) is 11.1. The Bertz CT molecular complexity index is 4450. The summed E-state index contributed by atoms with van der Waals surface area (Å²) in [6.07, 6.45) is 30.6. The number of amides is 2. The number of aromatic nitrogens is 10. The molecule has 10 N–H and O–H groups in total. The van der Waals surface area contributed by atoms with Crippen molar-refractivity contribution in [1.29, 1.82) is 0 Å². The van der Waals surface area contributed by atoms with Gasteiger partial charge in [-0.2, -0.15) is 8.42 Å². The molecular weight excluding hydrogens is 1700 g/mol. The van der Waals surface area contributed by atoms with Gasteiger partial charge < -0.3 is 66.6 Å². The summed E-state index contributed by atoms with van der Waals surface area (Å²) in [5.74, 6) is 6.72. The Balaban J connectivity index is 0.000000291. The Morgan fingerprint density at radius 3 is 1.37 bits per heavy atom. The third kappa shape index (κ3) is 37.8. The van der Waals surface area contributed by atoms with Gasteiger partial charge >= 0.3 is 36.8 Å². The first-order chi connectivity index (χ1) is 56.1. The Kier molecular flexibility index (Phi) is 45.1. The van der Waals surface area contributed by atoms with Crippen LogP contribution in [0.5, 0.6) is 28.7 Å². The van der Waals surface area contributed by atoms with Crippen LogP contribution >= 0.6 is 91.8 Å². The third-order valence-electron chi connectivity index (χ3n) is 15.5. The van der Waals surface area contributed by atoms with Crippen LogP contribution in [0.3, 0.4) is 0 Å². The number of ether oxygens (including phenoxy) is 5. The van der Waals surface area contributed by atoms with Crippen LogP contribution < -0.4 is 66.2 Å². The predicted octanol–water partition coefficient (Wildman–Crippen LogP) is 15.1. The van der Waals surface area contributed by atoms with E-state index in [0.29, 0.717) is 100 Å². The number of nitrogen functional groups attached to an aromatic ring is 1. The van der Waals surface area contributed by atoms with E-state index in [9.17, 15) is 9.59 Å². The molecule has 0 atom stereocenters. The molecule has 5 aliphatic carbocycles. The molecule has 0 unspecified atom stereocenters. The van der Waals surface area contributed by atoms with E-state index in [-0.39, 0.29) is 25.3 Å². The summed E-state index contributed by atoms with van der Waals surface area (Å²) in [6.45, 7) is 7.48. The number of benzene rings is 3. The molecule has 115 heavy (non-hydrogen) atoms. The normalized spacial score (nSPS) is 13.9. The molecule has 5 saturated carbocycles. The Morgan fingerprint density at radius 1 is 0.583 bits per heavy atom. The molecule has 631 valence electrons. The minimum atomic E-state index is -3.72. The maximum atomic E-state index is 13.3. The van der Waals surface area contributed by atoms with E-state index in [1.807, 2.05) is 98.0 Å². The van der Waals surface area contributed by atoms with Crippen LogP contribution in [0, 0.1) is 6.92 Å². The molecule has 8 aromatic rings. The van der Waals surface area contributed by atoms with Gasteiger partial charge in [0.05, 0.1) is 66.6 Å². The molecule has 0 bridgehead atoms. The van der Waals surface area contributed by atoms with Gasteiger partial charge in [-0.25, -0.2) is 54.6 Å². The number of anilines is 7. The van der Waals surface area contributed by atoms with Crippen LogP contribution in [0.4, 0.5) is 45.1 Å². The van der Waals surface area contributed by atoms with Gasteiger partial charge in [0.15, 0.2) is 32.1 Å². The van der Waals surface area contributed by atoms with Gasteiger partial charge in [0.2, 0.25) is 0 Å². The second kappa shape index (κ2) is 53.8. The van der Waals surface area contributed by atoms with E-state index in [0.717, 1.165) is 116 Å². The average Bonchev–Trinajstić information content (AvgIpc) is 1.69. The van der Waals surface area contributed by atoms with Crippen molar-refractivity contribution in [3.8, 4) is 28.7 Å². The topological polar surface area (TPSA) is 425 Å². The molecule has 6 heterocycles.